The zero-order chi connectivity index (χ0) is 13.8. The molecule has 0 aliphatic carbocycles. The van der Waals surface area contributed by atoms with Crippen LogP contribution in [0.5, 0.6) is 0 Å². The Bertz CT molecular complexity index is 493. The van der Waals surface area contributed by atoms with Crippen LogP contribution < -0.4 is 0 Å². The molecule has 0 saturated carbocycles. The molecule has 1 aliphatic heterocycles. The van der Waals surface area contributed by atoms with Gasteiger partial charge in [-0.05, 0) is 40.9 Å². The Morgan fingerprint density at radius 1 is 1.53 bits per heavy atom. The molecule has 1 amide bonds. The van der Waals surface area contributed by atoms with E-state index in [1.807, 2.05) is 0 Å². The summed E-state index contributed by atoms with van der Waals surface area (Å²) in [5, 5.41) is 0. The van der Waals surface area contributed by atoms with Crippen molar-refractivity contribution in [2.24, 2.45) is 5.92 Å². The molecule has 19 heavy (non-hydrogen) atoms. The van der Waals surface area contributed by atoms with Gasteiger partial charge < -0.3 is 9.64 Å². The number of hydrogen-bond donors (Lipinski definition) is 0. The summed E-state index contributed by atoms with van der Waals surface area (Å²) < 4.78 is 5.37. The topological polar surface area (TPSA) is 59.5 Å². The summed E-state index contributed by atoms with van der Waals surface area (Å²) in [6, 6.07) is 3.36. The molecule has 0 bridgehead atoms. The number of piperidine rings is 1. The number of carbonyl (C=O) groups is 2. The Hall–Kier alpha value is -1.43. The van der Waals surface area contributed by atoms with Gasteiger partial charge in [-0.15, -0.1) is 0 Å². The van der Waals surface area contributed by atoms with Gasteiger partial charge in [-0.25, -0.2) is 4.98 Å². The Morgan fingerprint density at radius 2 is 2.32 bits per heavy atom. The van der Waals surface area contributed by atoms with Crippen LogP contribution >= 0.6 is 15.9 Å². The van der Waals surface area contributed by atoms with Crippen LogP contribution in [0.3, 0.4) is 0 Å². The van der Waals surface area contributed by atoms with E-state index in [1.54, 1.807) is 23.2 Å². The quantitative estimate of drug-likeness (QED) is 0.615. The summed E-state index contributed by atoms with van der Waals surface area (Å²) >= 11 is 3.24. The number of nitrogens with zero attached hydrogens (tertiary/aromatic N) is 2. The fourth-order valence-electron chi connectivity index (χ4n) is 2.24. The molecule has 0 N–H and O–H groups in total. The fraction of sp³-hybridized carbons (Fsp3) is 0.462. The number of aromatic nitrogens is 1. The van der Waals surface area contributed by atoms with E-state index >= 15 is 0 Å². The first-order valence-electron chi connectivity index (χ1n) is 6.10. The maximum atomic E-state index is 12.3. The molecule has 0 spiro atoms. The largest absolute Gasteiger partial charge is 0.469 e. The minimum atomic E-state index is -0.242. The number of methoxy groups -OCH3 is 1. The maximum absolute atomic E-state index is 12.3. The Morgan fingerprint density at radius 3 is 3.00 bits per heavy atom. The molecule has 2 heterocycles. The second kappa shape index (κ2) is 6.14. The summed E-state index contributed by atoms with van der Waals surface area (Å²) in [7, 11) is 1.38. The predicted octanol–water partition coefficient (Wildman–Crippen LogP) is 1.87. The van der Waals surface area contributed by atoms with Crippen LogP contribution in [-0.4, -0.2) is 42.0 Å². The first-order chi connectivity index (χ1) is 9.11. The molecule has 2 rings (SSSR count). The van der Waals surface area contributed by atoms with E-state index in [0.29, 0.717) is 23.3 Å². The van der Waals surface area contributed by atoms with Gasteiger partial charge >= 0.3 is 5.97 Å². The SMILES string of the molecule is COC(=O)[C@H]1CCCN(C(=O)c2ccnc(Br)c2)C1. The smallest absolute Gasteiger partial charge is 0.310 e. The molecule has 1 fully saturated rings. The first kappa shape index (κ1) is 14.0. The number of carbonyl (C=O) groups excluding carboxylic acids is 2. The zero-order valence-electron chi connectivity index (χ0n) is 10.6. The number of esters is 1. The van der Waals surface area contributed by atoms with E-state index in [1.165, 1.54) is 7.11 Å². The number of likely N-dealkylation sites (tertiary alicyclic amines) is 1. The predicted molar refractivity (Wildman–Crippen MR) is 72.6 cm³/mol. The highest BCUT2D eigenvalue weighted by Crippen LogP contribution is 2.20. The van der Waals surface area contributed by atoms with Crippen molar-refractivity contribution in [3.63, 3.8) is 0 Å². The van der Waals surface area contributed by atoms with Crippen molar-refractivity contribution in [2.75, 3.05) is 20.2 Å². The van der Waals surface area contributed by atoms with Crippen LogP contribution in [-0.2, 0) is 9.53 Å². The van der Waals surface area contributed by atoms with Gasteiger partial charge in [0.25, 0.3) is 5.91 Å². The number of ether oxygens (including phenoxy) is 1. The van der Waals surface area contributed by atoms with Crippen molar-refractivity contribution < 1.29 is 14.3 Å². The number of pyridine rings is 1. The number of hydrogen-bond acceptors (Lipinski definition) is 4. The van der Waals surface area contributed by atoms with E-state index in [2.05, 4.69) is 20.9 Å². The Kier molecular flexibility index (Phi) is 4.52. The highest BCUT2D eigenvalue weighted by atomic mass is 79.9. The van der Waals surface area contributed by atoms with Gasteiger partial charge in [0.05, 0.1) is 13.0 Å². The molecule has 1 atom stereocenters. The van der Waals surface area contributed by atoms with Crippen molar-refractivity contribution in [1.82, 2.24) is 9.88 Å². The number of amides is 1. The average Bonchev–Trinajstić information content (AvgIpc) is 2.45. The van der Waals surface area contributed by atoms with Crippen LogP contribution in [0, 0.1) is 5.92 Å². The lowest BCUT2D eigenvalue weighted by molar-refractivity contribution is -0.146. The molecule has 5 nitrogen and oxygen atoms in total. The normalized spacial score (nSPS) is 19.1. The molecule has 0 radical (unpaired) electrons. The van der Waals surface area contributed by atoms with Crippen molar-refractivity contribution in [3.8, 4) is 0 Å². The van der Waals surface area contributed by atoms with Gasteiger partial charge in [0.2, 0.25) is 0 Å². The van der Waals surface area contributed by atoms with Crippen LogP contribution in [0.25, 0.3) is 0 Å². The molecule has 6 heteroatoms. The minimum Gasteiger partial charge on any atom is -0.469 e. The standard InChI is InChI=1S/C13H15BrN2O3/c1-19-13(18)10-3-2-6-16(8-10)12(17)9-4-5-15-11(14)7-9/h4-5,7,10H,2-3,6,8H2,1H3/t10-/m0/s1. The summed E-state index contributed by atoms with van der Waals surface area (Å²) in [6.45, 7) is 1.09. The van der Waals surface area contributed by atoms with Crippen molar-refractivity contribution >= 4 is 27.8 Å². The molecular formula is C13H15BrN2O3. The van der Waals surface area contributed by atoms with E-state index in [4.69, 9.17) is 4.74 Å². The van der Waals surface area contributed by atoms with Crippen LogP contribution in [0.1, 0.15) is 23.2 Å². The van der Waals surface area contributed by atoms with E-state index in [9.17, 15) is 9.59 Å². The average molecular weight is 327 g/mol. The van der Waals surface area contributed by atoms with E-state index in [0.717, 1.165) is 12.8 Å². The molecular weight excluding hydrogens is 312 g/mol. The summed E-state index contributed by atoms with van der Waals surface area (Å²) in [6.07, 6.45) is 3.17. The molecule has 0 aromatic carbocycles. The second-order valence-electron chi connectivity index (χ2n) is 4.48. The van der Waals surface area contributed by atoms with Crippen molar-refractivity contribution in [2.45, 2.75) is 12.8 Å². The second-order valence-corrected chi connectivity index (χ2v) is 5.29. The summed E-state index contributed by atoms with van der Waals surface area (Å²) in [5.41, 5.74) is 0.576. The Balaban J connectivity index is 2.09. The van der Waals surface area contributed by atoms with Crippen LogP contribution in [0.15, 0.2) is 22.9 Å². The monoisotopic (exact) mass is 326 g/mol. The van der Waals surface area contributed by atoms with Crippen molar-refractivity contribution in [1.29, 1.82) is 0 Å². The molecule has 1 aliphatic rings. The Labute approximate surface area is 120 Å². The third-order valence-electron chi connectivity index (χ3n) is 3.22. The number of halogens is 1. The lowest BCUT2D eigenvalue weighted by atomic mass is 9.97. The number of rotatable bonds is 2. The van der Waals surface area contributed by atoms with Gasteiger partial charge in [0.15, 0.2) is 0 Å². The van der Waals surface area contributed by atoms with Gasteiger partial charge in [-0.1, -0.05) is 0 Å². The zero-order valence-corrected chi connectivity index (χ0v) is 12.2. The van der Waals surface area contributed by atoms with Crippen molar-refractivity contribution in [3.05, 3.63) is 28.5 Å². The lowest BCUT2D eigenvalue weighted by Crippen LogP contribution is -2.42. The van der Waals surface area contributed by atoms with Gasteiger partial charge in [-0.2, -0.15) is 0 Å². The fourth-order valence-corrected chi connectivity index (χ4v) is 2.60. The van der Waals surface area contributed by atoms with Gasteiger partial charge in [0, 0.05) is 24.8 Å². The van der Waals surface area contributed by atoms with E-state index in [-0.39, 0.29) is 17.8 Å². The van der Waals surface area contributed by atoms with Gasteiger partial charge in [0.1, 0.15) is 4.60 Å². The molecule has 102 valence electrons. The highest BCUT2D eigenvalue weighted by molar-refractivity contribution is 9.10. The molecule has 1 aromatic heterocycles. The first-order valence-corrected chi connectivity index (χ1v) is 6.89. The summed E-state index contributed by atoms with van der Waals surface area (Å²) in [4.78, 5) is 29.6. The molecule has 1 aromatic rings. The summed E-state index contributed by atoms with van der Waals surface area (Å²) in [5.74, 6) is -0.530. The molecule has 0 unspecified atom stereocenters. The molecule has 1 saturated heterocycles. The lowest BCUT2D eigenvalue weighted by Gasteiger charge is -2.31. The van der Waals surface area contributed by atoms with Crippen LogP contribution in [0.4, 0.5) is 0 Å². The van der Waals surface area contributed by atoms with Gasteiger partial charge in [-0.3, -0.25) is 9.59 Å². The van der Waals surface area contributed by atoms with Crippen LogP contribution in [0.2, 0.25) is 0 Å². The van der Waals surface area contributed by atoms with E-state index < -0.39 is 0 Å². The highest BCUT2D eigenvalue weighted by Gasteiger charge is 2.29. The maximum Gasteiger partial charge on any atom is 0.310 e. The third-order valence-corrected chi connectivity index (χ3v) is 3.65. The minimum absolute atomic E-state index is 0.0725. The third kappa shape index (κ3) is 3.32.